The molecule has 176 valence electrons. The van der Waals surface area contributed by atoms with Crippen LogP contribution in [0, 0.1) is 11.3 Å². The summed E-state index contributed by atoms with van der Waals surface area (Å²) < 4.78 is 11.1. The Morgan fingerprint density at radius 3 is 2.46 bits per heavy atom. The van der Waals surface area contributed by atoms with Gasteiger partial charge in [-0.25, -0.2) is 4.79 Å². The summed E-state index contributed by atoms with van der Waals surface area (Å²) in [6.45, 7) is 3.79. The lowest BCUT2D eigenvalue weighted by molar-refractivity contribution is -0.116. The molecule has 0 radical (unpaired) electrons. The maximum Gasteiger partial charge on any atom is 0.343 e. The molecule has 0 heterocycles. The minimum Gasteiger partial charge on any atom is -0.493 e. The van der Waals surface area contributed by atoms with Crippen LogP contribution in [0.2, 0.25) is 0 Å². The Labute approximate surface area is 205 Å². The molecule has 0 bridgehead atoms. The number of carbonyl (C=O) groups is 2. The number of hydrogen-bond acceptors (Lipinski definition) is 5. The molecule has 3 aromatic rings. The maximum absolute atomic E-state index is 13.0. The van der Waals surface area contributed by atoms with Crippen LogP contribution in [0.4, 0.5) is 0 Å². The summed E-state index contributed by atoms with van der Waals surface area (Å²) in [5.41, 5.74) is 3.06. The van der Waals surface area contributed by atoms with Crippen molar-refractivity contribution in [1.82, 2.24) is 5.32 Å². The van der Waals surface area contributed by atoms with Crippen LogP contribution >= 0.6 is 0 Å². The molecule has 0 aliphatic carbocycles. The van der Waals surface area contributed by atoms with Crippen LogP contribution in [0.15, 0.2) is 91.0 Å². The first kappa shape index (κ1) is 25.0. The van der Waals surface area contributed by atoms with Crippen LogP contribution in [0.25, 0.3) is 6.08 Å². The molecular formula is C29H26N2O4. The van der Waals surface area contributed by atoms with E-state index in [2.05, 4.69) is 24.0 Å². The summed E-state index contributed by atoms with van der Waals surface area (Å²) in [6.07, 6.45) is 4.46. The predicted octanol–water partition coefficient (Wildman–Crippen LogP) is 4.91. The Morgan fingerprint density at radius 2 is 1.74 bits per heavy atom. The minimum atomic E-state index is -0.506. The van der Waals surface area contributed by atoms with Gasteiger partial charge in [0.1, 0.15) is 11.6 Å². The third kappa shape index (κ3) is 6.92. The molecule has 6 nitrogen and oxygen atoms in total. The van der Waals surface area contributed by atoms with E-state index in [4.69, 9.17) is 9.47 Å². The molecule has 0 aromatic heterocycles. The Kier molecular flexibility index (Phi) is 8.98. The molecule has 0 aliphatic rings. The van der Waals surface area contributed by atoms with Crippen molar-refractivity contribution >= 4 is 18.0 Å². The number of rotatable bonds is 10. The van der Waals surface area contributed by atoms with Crippen LogP contribution < -0.4 is 14.8 Å². The van der Waals surface area contributed by atoms with Crippen molar-refractivity contribution in [3.63, 3.8) is 0 Å². The van der Waals surface area contributed by atoms with Gasteiger partial charge in [0.15, 0.2) is 11.5 Å². The summed E-state index contributed by atoms with van der Waals surface area (Å²) in [7, 11) is 1.45. The molecule has 0 aliphatic heterocycles. The van der Waals surface area contributed by atoms with Crippen LogP contribution in [0.5, 0.6) is 11.5 Å². The van der Waals surface area contributed by atoms with Crippen molar-refractivity contribution in [2.75, 3.05) is 13.7 Å². The number of hydrogen-bond donors (Lipinski definition) is 1. The van der Waals surface area contributed by atoms with Crippen molar-refractivity contribution in [2.24, 2.45) is 0 Å². The van der Waals surface area contributed by atoms with Gasteiger partial charge in [-0.1, -0.05) is 60.7 Å². The summed E-state index contributed by atoms with van der Waals surface area (Å²) in [6, 6.07) is 24.1. The highest BCUT2D eigenvalue weighted by Gasteiger charge is 2.17. The third-order valence-electron chi connectivity index (χ3n) is 5.24. The van der Waals surface area contributed by atoms with Crippen molar-refractivity contribution < 1.29 is 19.1 Å². The second-order valence-electron chi connectivity index (χ2n) is 7.61. The van der Waals surface area contributed by atoms with E-state index in [1.165, 1.54) is 24.8 Å². The molecule has 1 N–H and O–H groups in total. The highest BCUT2D eigenvalue weighted by atomic mass is 16.6. The van der Waals surface area contributed by atoms with Crippen molar-refractivity contribution in [3.8, 4) is 17.6 Å². The van der Waals surface area contributed by atoms with Crippen LogP contribution in [0.1, 0.15) is 27.0 Å². The number of nitrogens with zero attached hydrogens (tertiary/aromatic N) is 1. The fourth-order valence-corrected chi connectivity index (χ4v) is 3.45. The fraction of sp³-hybridized carbons (Fsp3) is 0.138. The smallest absolute Gasteiger partial charge is 0.343 e. The number of methoxy groups -OCH3 is 1. The standard InChI is InChI=1S/C29H26N2O4/c1-3-17-31-28(32)24(20-30)18-22-14-16-26(27(19-22)34-2)35-29(33)25-12-8-7-11-23(25)15-13-21-9-5-4-6-10-21/h3-12,14,16,18-19H,1,13,15,17H2,2H3,(H,31,32)/b24-18+. The topological polar surface area (TPSA) is 88.4 Å². The zero-order chi connectivity index (χ0) is 25.0. The van der Waals surface area contributed by atoms with E-state index >= 15 is 0 Å². The van der Waals surface area contributed by atoms with Gasteiger partial charge < -0.3 is 14.8 Å². The van der Waals surface area contributed by atoms with Gasteiger partial charge in [-0.15, -0.1) is 6.58 Å². The Bertz CT molecular complexity index is 1270. The van der Waals surface area contributed by atoms with E-state index in [1.54, 1.807) is 30.3 Å². The largest absolute Gasteiger partial charge is 0.493 e. The summed E-state index contributed by atoms with van der Waals surface area (Å²) in [5, 5.41) is 11.9. The summed E-state index contributed by atoms with van der Waals surface area (Å²) in [5.74, 6) is -0.453. The lowest BCUT2D eigenvalue weighted by atomic mass is 10.00. The lowest BCUT2D eigenvalue weighted by Gasteiger charge is -2.12. The van der Waals surface area contributed by atoms with Gasteiger partial charge in [-0.2, -0.15) is 5.26 Å². The maximum atomic E-state index is 13.0. The number of benzene rings is 3. The number of nitrogens with one attached hydrogen (secondary N) is 1. The zero-order valence-electron chi connectivity index (χ0n) is 19.5. The van der Waals surface area contributed by atoms with Gasteiger partial charge in [0.2, 0.25) is 0 Å². The number of amides is 1. The summed E-state index contributed by atoms with van der Waals surface area (Å²) in [4.78, 5) is 25.1. The molecular weight excluding hydrogens is 440 g/mol. The fourth-order valence-electron chi connectivity index (χ4n) is 3.45. The van der Waals surface area contributed by atoms with Crippen LogP contribution in [-0.4, -0.2) is 25.5 Å². The normalized spacial score (nSPS) is 10.7. The van der Waals surface area contributed by atoms with E-state index in [0.717, 1.165) is 12.0 Å². The molecule has 3 aromatic carbocycles. The minimum absolute atomic E-state index is 0.0639. The first-order valence-corrected chi connectivity index (χ1v) is 11.1. The number of carbonyl (C=O) groups excluding carboxylic acids is 2. The van der Waals surface area contributed by atoms with Crippen LogP contribution in [0.3, 0.4) is 0 Å². The first-order chi connectivity index (χ1) is 17.0. The van der Waals surface area contributed by atoms with Crippen molar-refractivity contribution in [2.45, 2.75) is 12.8 Å². The molecule has 6 heteroatoms. The average Bonchev–Trinajstić information content (AvgIpc) is 2.90. The second kappa shape index (κ2) is 12.6. The van der Waals surface area contributed by atoms with Gasteiger partial charge >= 0.3 is 5.97 Å². The zero-order valence-corrected chi connectivity index (χ0v) is 19.5. The molecule has 0 unspecified atom stereocenters. The molecule has 0 atom stereocenters. The predicted molar refractivity (Wildman–Crippen MR) is 135 cm³/mol. The van der Waals surface area contributed by atoms with Gasteiger partial charge in [0, 0.05) is 6.54 Å². The van der Waals surface area contributed by atoms with Gasteiger partial charge in [0.25, 0.3) is 5.91 Å². The molecule has 0 fully saturated rings. The lowest BCUT2D eigenvalue weighted by Crippen LogP contribution is -2.24. The van der Waals surface area contributed by atoms with Crippen molar-refractivity contribution in [1.29, 1.82) is 5.26 Å². The summed E-state index contributed by atoms with van der Waals surface area (Å²) >= 11 is 0. The van der Waals surface area contributed by atoms with E-state index in [-0.39, 0.29) is 17.9 Å². The number of nitriles is 1. The van der Waals surface area contributed by atoms with E-state index in [9.17, 15) is 14.9 Å². The van der Waals surface area contributed by atoms with E-state index in [0.29, 0.717) is 23.3 Å². The molecule has 35 heavy (non-hydrogen) atoms. The van der Waals surface area contributed by atoms with Crippen LogP contribution in [-0.2, 0) is 17.6 Å². The highest BCUT2D eigenvalue weighted by Crippen LogP contribution is 2.30. The molecule has 3 rings (SSSR count). The molecule has 1 amide bonds. The number of ether oxygens (including phenoxy) is 2. The Morgan fingerprint density at radius 1 is 1.00 bits per heavy atom. The van der Waals surface area contributed by atoms with E-state index in [1.807, 2.05) is 36.4 Å². The van der Waals surface area contributed by atoms with Gasteiger partial charge in [0.05, 0.1) is 12.7 Å². The first-order valence-electron chi connectivity index (χ1n) is 11.1. The number of aryl methyl sites for hydroxylation is 2. The van der Waals surface area contributed by atoms with E-state index < -0.39 is 11.9 Å². The number of esters is 1. The van der Waals surface area contributed by atoms with Crippen molar-refractivity contribution in [3.05, 3.63) is 113 Å². The molecule has 0 spiro atoms. The quantitative estimate of drug-likeness (QED) is 0.151. The Hall–Kier alpha value is -4.63. The average molecular weight is 467 g/mol. The monoisotopic (exact) mass is 466 g/mol. The van der Waals surface area contributed by atoms with Gasteiger partial charge in [-0.3, -0.25) is 4.79 Å². The molecule has 0 saturated carbocycles. The third-order valence-corrected chi connectivity index (χ3v) is 5.24. The second-order valence-corrected chi connectivity index (χ2v) is 7.61. The highest BCUT2D eigenvalue weighted by molar-refractivity contribution is 6.01. The van der Waals surface area contributed by atoms with Gasteiger partial charge in [-0.05, 0) is 53.8 Å². The SMILES string of the molecule is C=CCNC(=O)/C(C#N)=C/c1ccc(OC(=O)c2ccccc2CCc2ccccc2)c(OC)c1. The Balaban J connectivity index is 1.78. The molecule has 0 saturated heterocycles.